The van der Waals surface area contributed by atoms with Gasteiger partial charge in [-0.15, -0.1) is 0 Å². The summed E-state index contributed by atoms with van der Waals surface area (Å²) >= 11 is 0. The van der Waals surface area contributed by atoms with Crippen molar-refractivity contribution in [3.63, 3.8) is 0 Å². The molecule has 0 spiro atoms. The standard InChI is InChI=1S/C16H23N3O4/c1-12(6-9-20)11-17-16(21)14-10-13(19(22)23)4-5-15(14)18-7-2-3-8-18/h4-5,10,12,20H,2-3,6-9,11H2,1H3,(H,17,21). The van der Waals surface area contributed by atoms with Crippen LogP contribution < -0.4 is 10.2 Å². The second-order valence-corrected chi connectivity index (χ2v) is 5.98. The van der Waals surface area contributed by atoms with Crippen LogP contribution in [0.5, 0.6) is 0 Å². The molecule has 2 rings (SSSR count). The lowest BCUT2D eigenvalue weighted by Crippen LogP contribution is -2.31. The maximum Gasteiger partial charge on any atom is 0.270 e. The van der Waals surface area contributed by atoms with Gasteiger partial charge >= 0.3 is 0 Å². The van der Waals surface area contributed by atoms with Gasteiger partial charge < -0.3 is 15.3 Å². The number of nitro benzene ring substituents is 1. The minimum absolute atomic E-state index is 0.0763. The average Bonchev–Trinajstić information content (AvgIpc) is 3.06. The van der Waals surface area contributed by atoms with Crippen LogP contribution in [0.1, 0.15) is 36.5 Å². The molecule has 0 aliphatic carbocycles. The van der Waals surface area contributed by atoms with Crippen LogP contribution in [0.15, 0.2) is 18.2 Å². The van der Waals surface area contributed by atoms with Gasteiger partial charge in [0.25, 0.3) is 11.6 Å². The summed E-state index contributed by atoms with van der Waals surface area (Å²) in [6.07, 6.45) is 2.73. The number of anilines is 1. The quantitative estimate of drug-likeness (QED) is 0.591. The summed E-state index contributed by atoms with van der Waals surface area (Å²) in [5.41, 5.74) is 1.01. The molecule has 0 bridgehead atoms. The Morgan fingerprint density at radius 1 is 1.43 bits per heavy atom. The van der Waals surface area contributed by atoms with E-state index < -0.39 is 4.92 Å². The monoisotopic (exact) mass is 321 g/mol. The third kappa shape index (κ3) is 4.41. The lowest BCUT2D eigenvalue weighted by Gasteiger charge is -2.21. The van der Waals surface area contributed by atoms with Crippen molar-refractivity contribution in [2.45, 2.75) is 26.2 Å². The Bertz CT molecular complexity index is 570. The molecule has 1 atom stereocenters. The highest BCUT2D eigenvalue weighted by Gasteiger charge is 2.22. The van der Waals surface area contributed by atoms with Crippen LogP contribution in [0.3, 0.4) is 0 Å². The molecule has 7 nitrogen and oxygen atoms in total. The van der Waals surface area contributed by atoms with Crippen molar-refractivity contribution < 1.29 is 14.8 Å². The van der Waals surface area contributed by atoms with Crippen LogP contribution in [0.2, 0.25) is 0 Å². The van der Waals surface area contributed by atoms with Gasteiger partial charge in [-0.1, -0.05) is 6.92 Å². The molecule has 1 fully saturated rings. The van der Waals surface area contributed by atoms with Crippen molar-refractivity contribution in [1.82, 2.24) is 5.32 Å². The highest BCUT2D eigenvalue weighted by atomic mass is 16.6. The molecule has 1 amide bonds. The number of hydrogen-bond donors (Lipinski definition) is 2. The minimum Gasteiger partial charge on any atom is -0.396 e. The second kappa shape index (κ2) is 7.92. The van der Waals surface area contributed by atoms with Gasteiger partial charge in [-0.2, -0.15) is 0 Å². The number of nitrogens with zero attached hydrogens (tertiary/aromatic N) is 2. The number of carbonyl (C=O) groups excluding carboxylic acids is 1. The second-order valence-electron chi connectivity index (χ2n) is 5.98. The first kappa shape index (κ1) is 17.2. The minimum atomic E-state index is -0.487. The van der Waals surface area contributed by atoms with E-state index in [1.165, 1.54) is 12.1 Å². The number of aliphatic hydroxyl groups excluding tert-OH is 1. The zero-order valence-electron chi connectivity index (χ0n) is 13.3. The van der Waals surface area contributed by atoms with Gasteiger partial charge in [0.05, 0.1) is 16.2 Å². The van der Waals surface area contributed by atoms with Crippen LogP contribution in [0, 0.1) is 16.0 Å². The first-order chi connectivity index (χ1) is 11.0. The molecule has 0 saturated carbocycles. The van der Waals surface area contributed by atoms with Crippen molar-refractivity contribution in [2.24, 2.45) is 5.92 Å². The number of carbonyl (C=O) groups is 1. The molecule has 2 N–H and O–H groups in total. The Morgan fingerprint density at radius 2 is 2.13 bits per heavy atom. The molecule has 7 heteroatoms. The Morgan fingerprint density at radius 3 is 2.74 bits per heavy atom. The van der Waals surface area contributed by atoms with Gasteiger partial charge in [0.1, 0.15) is 0 Å². The number of rotatable bonds is 7. The molecule has 1 aromatic carbocycles. The zero-order chi connectivity index (χ0) is 16.8. The summed E-state index contributed by atoms with van der Waals surface area (Å²) in [5, 5.41) is 22.7. The van der Waals surface area contributed by atoms with Gasteiger partial charge in [-0.3, -0.25) is 14.9 Å². The van der Waals surface area contributed by atoms with Crippen LogP contribution in [-0.2, 0) is 0 Å². The molecule has 1 aliphatic heterocycles. The predicted molar refractivity (Wildman–Crippen MR) is 87.7 cm³/mol. The van der Waals surface area contributed by atoms with Crippen molar-refractivity contribution >= 4 is 17.3 Å². The van der Waals surface area contributed by atoms with Crippen molar-refractivity contribution in [2.75, 3.05) is 31.1 Å². The fraction of sp³-hybridized carbons (Fsp3) is 0.562. The van der Waals surface area contributed by atoms with E-state index in [0.717, 1.165) is 31.6 Å². The van der Waals surface area contributed by atoms with E-state index in [1.54, 1.807) is 6.07 Å². The van der Waals surface area contributed by atoms with Gasteiger partial charge in [0.15, 0.2) is 0 Å². The SMILES string of the molecule is CC(CCO)CNC(=O)c1cc([N+](=O)[O-])ccc1N1CCCC1. The number of nitrogens with one attached hydrogen (secondary N) is 1. The van der Waals surface area contributed by atoms with Gasteiger partial charge in [0, 0.05) is 38.4 Å². The summed E-state index contributed by atoms with van der Waals surface area (Å²) in [6, 6.07) is 4.45. The topological polar surface area (TPSA) is 95.7 Å². The van der Waals surface area contributed by atoms with Crippen LogP contribution in [0.25, 0.3) is 0 Å². The maximum atomic E-state index is 12.5. The van der Waals surface area contributed by atoms with E-state index >= 15 is 0 Å². The summed E-state index contributed by atoms with van der Waals surface area (Å²) in [7, 11) is 0. The highest BCUT2D eigenvalue weighted by Crippen LogP contribution is 2.28. The van der Waals surface area contributed by atoms with Crippen molar-refractivity contribution in [1.29, 1.82) is 0 Å². The molecule has 126 valence electrons. The van der Waals surface area contributed by atoms with Crippen molar-refractivity contribution in [3.8, 4) is 0 Å². The Kier molecular flexibility index (Phi) is 5.92. The van der Waals surface area contributed by atoms with E-state index in [1.807, 2.05) is 6.92 Å². The third-order valence-electron chi connectivity index (χ3n) is 4.12. The number of hydrogen-bond acceptors (Lipinski definition) is 5. The number of nitro groups is 1. The lowest BCUT2D eigenvalue weighted by atomic mass is 10.1. The van der Waals surface area contributed by atoms with E-state index in [4.69, 9.17) is 5.11 Å². The molecule has 1 aliphatic rings. The fourth-order valence-electron chi connectivity index (χ4n) is 2.74. The largest absolute Gasteiger partial charge is 0.396 e. The number of amides is 1. The fourth-order valence-corrected chi connectivity index (χ4v) is 2.74. The molecule has 0 radical (unpaired) electrons. The zero-order valence-corrected chi connectivity index (χ0v) is 13.3. The molecular formula is C16H23N3O4. The highest BCUT2D eigenvalue weighted by molar-refractivity contribution is 6.00. The molecular weight excluding hydrogens is 298 g/mol. The first-order valence-electron chi connectivity index (χ1n) is 7.95. The Hall–Kier alpha value is -2.15. The summed E-state index contributed by atoms with van der Waals surface area (Å²) in [6.45, 7) is 4.16. The maximum absolute atomic E-state index is 12.5. The third-order valence-corrected chi connectivity index (χ3v) is 4.12. The van der Waals surface area contributed by atoms with E-state index in [9.17, 15) is 14.9 Å². The van der Waals surface area contributed by atoms with Crippen LogP contribution in [-0.4, -0.2) is 42.2 Å². The lowest BCUT2D eigenvalue weighted by molar-refractivity contribution is -0.384. The molecule has 1 unspecified atom stereocenters. The summed E-state index contributed by atoms with van der Waals surface area (Å²) < 4.78 is 0. The molecule has 1 heterocycles. The molecule has 23 heavy (non-hydrogen) atoms. The number of non-ortho nitro benzene ring substituents is 1. The summed E-state index contributed by atoms with van der Waals surface area (Å²) in [4.78, 5) is 25.1. The number of benzene rings is 1. The van der Waals surface area contributed by atoms with Crippen LogP contribution >= 0.6 is 0 Å². The van der Waals surface area contributed by atoms with Gasteiger partial charge in [-0.25, -0.2) is 0 Å². The van der Waals surface area contributed by atoms with E-state index in [0.29, 0.717) is 18.5 Å². The van der Waals surface area contributed by atoms with Crippen molar-refractivity contribution in [3.05, 3.63) is 33.9 Å². The van der Waals surface area contributed by atoms with Gasteiger partial charge in [-0.05, 0) is 31.2 Å². The van der Waals surface area contributed by atoms with E-state index in [-0.39, 0.29) is 24.1 Å². The molecule has 1 aromatic rings. The number of aliphatic hydroxyl groups is 1. The van der Waals surface area contributed by atoms with Crippen LogP contribution in [0.4, 0.5) is 11.4 Å². The molecule has 0 aromatic heterocycles. The smallest absolute Gasteiger partial charge is 0.270 e. The Balaban J connectivity index is 2.20. The van der Waals surface area contributed by atoms with E-state index in [2.05, 4.69) is 10.2 Å². The normalized spacial score (nSPS) is 15.5. The average molecular weight is 321 g/mol. The first-order valence-corrected chi connectivity index (χ1v) is 7.95. The predicted octanol–water partition coefficient (Wildman–Crippen LogP) is 1.94. The Labute approximate surface area is 135 Å². The van der Waals surface area contributed by atoms with Gasteiger partial charge in [0.2, 0.25) is 0 Å². The molecule has 1 saturated heterocycles. The summed E-state index contributed by atoms with van der Waals surface area (Å²) in [5.74, 6) is -0.154.